The van der Waals surface area contributed by atoms with Gasteiger partial charge < -0.3 is 15.5 Å². The molecule has 0 saturated heterocycles. The molecule has 5 nitrogen and oxygen atoms in total. The lowest BCUT2D eigenvalue weighted by Gasteiger charge is -2.30. The van der Waals surface area contributed by atoms with Gasteiger partial charge in [-0.15, -0.1) is 0 Å². The first-order valence-corrected chi connectivity index (χ1v) is 6.49. The molecule has 0 spiro atoms. The molecule has 5 heteroatoms. The Balaban J connectivity index is 2.07. The molecule has 0 aromatic carbocycles. The Kier molecular flexibility index (Phi) is 2.79. The molecule has 2 heterocycles. The molecule has 1 aromatic heterocycles. The topological polar surface area (TPSA) is 87.9 Å². The number of nitrogens with two attached hydrogens (primary N) is 1. The number of allylic oxidation sites excluding steroid dienone is 3. The molecule has 0 unspecified atom stereocenters. The van der Waals surface area contributed by atoms with E-state index in [2.05, 4.69) is 28.5 Å². The average Bonchev–Trinajstić information content (AvgIpc) is 2.77. The molecule has 2 atom stereocenters. The summed E-state index contributed by atoms with van der Waals surface area (Å²) in [6.45, 7) is 1.81. The van der Waals surface area contributed by atoms with E-state index in [9.17, 15) is 5.26 Å². The molecule has 1 aliphatic carbocycles. The van der Waals surface area contributed by atoms with Crippen molar-refractivity contribution in [2.75, 3.05) is 5.32 Å². The zero-order valence-electron chi connectivity index (χ0n) is 10.8. The van der Waals surface area contributed by atoms with Crippen LogP contribution in [0.1, 0.15) is 36.8 Å². The number of nitrogens with one attached hydrogen (secondary N) is 1. The van der Waals surface area contributed by atoms with Crippen molar-refractivity contribution < 1.29 is 4.42 Å². The Morgan fingerprint density at radius 3 is 3.05 bits per heavy atom. The maximum absolute atomic E-state index is 9.39. The van der Waals surface area contributed by atoms with Gasteiger partial charge in [-0.25, -0.2) is 4.98 Å². The molecule has 0 amide bonds. The predicted octanol–water partition coefficient (Wildman–Crippen LogP) is 2.54. The van der Waals surface area contributed by atoms with E-state index in [1.807, 2.05) is 0 Å². The van der Waals surface area contributed by atoms with Crippen LogP contribution in [0.2, 0.25) is 0 Å². The van der Waals surface area contributed by atoms with E-state index in [4.69, 9.17) is 10.2 Å². The molecular formula is C14H16N4O. The van der Waals surface area contributed by atoms with Crippen LogP contribution in [0, 0.1) is 24.2 Å². The number of nitriles is 1. The van der Waals surface area contributed by atoms with E-state index in [0.717, 1.165) is 25.0 Å². The van der Waals surface area contributed by atoms with Crippen LogP contribution in [0.3, 0.4) is 0 Å². The molecule has 2 aliphatic rings. The molecular weight excluding hydrogens is 240 g/mol. The van der Waals surface area contributed by atoms with Crippen molar-refractivity contribution in [3.05, 3.63) is 35.1 Å². The lowest BCUT2D eigenvalue weighted by molar-refractivity contribution is 0.418. The average molecular weight is 256 g/mol. The van der Waals surface area contributed by atoms with Gasteiger partial charge in [0.15, 0.2) is 5.89 Å². The highest BCUT2D eigenvalue weighted by molar-refractivity contribution is 5.57. The maximum atomic E-state index is 9.39. The summed E-state index contributed by atoms with van der Waals surface area (Å²) in [5.41, 5.74) is 7.36. The van der Waals surface area contributed by atoms with Crippen LogP contribution >= 0.6 is 0 Å². The summed E-state index contributed by atoms with van der Waals surface area (Å²) in [6, 6.07) is 2.24. The minimum atomic E-state index is -0.0522. The molecule has 0 radical (unpaired) electrons. The van der Waals surface area contributed by atoms with Gasteiger partial charge in [0.05, 0.1) is 11.6 Å². The third kappa shape index (κ3) is 1.89. The predicted molar refractivity (Wildman–Crippen MR) is 70.9 cm³/mol. The zero-order valence-corrected chi connectivity index (χ0v) is 10.8. The standard InChI is InChI=1S/C14H16N4O/c1-8-17-12-11(9-5-3-2-4-6-9)10(7-15)13(16)18-14(12)19-8/h2-3,9,11,18H,4-6,16H2,1H3/t9-,11+/m1/s1. The molecule has 19 heavy (non-hydrogen) atoms. The molecule has 0 bridgehead atoms. The number of aromatic nitrogens is 1. The molecule has 1 aromatic rings. The number of anilines is 1. The smallest absolute Gasteiger partial charge is 0.223 e. The van der Waals surface area contributed by atoms with Crippen molar-refractivity contribution >= 4 is 5.88 Å². The minimum absolute atomic E-state index is 0.0522. The summed E-state index contributed by atoms with van der Waals surface area (Å²) < 4.78 is 5.53. The summed E-state index contributed by atoms with van der Waals surface area (Å²) in [7, 11) is 0. The van der Waals surface area contributed by atoms with Gasteiger partial charge in [-0.3, -0.25) is 0 Å². The third-order valence-corrected chi connectivity index (χ3v) is 3.81. The lowest BCUT2D eigenvalue weighted by Crippen LogP contribution is -2.27. The first-order chi connectivity index (χ1) is 9.20. The summed E-state index contributed by atoms with van der Waals surface area (Å²) in [6.07, 6.45) is 7.40. The van der Waals surface area contributed by atoms with E-state index in [-0.39, 0.29) is 5.92 Å². The fourth-order valence-electron chi connectivity index (χ4n) is 2.95. The molecule has 3 rings (SSSR count). The van der Waals surface area contributed by atoms with Crippen molar-refractivity contribution in [3.63, 3.8) is 0 Å². The van der Waals surface area contributed by atoms with Gasteiger partial charge in [0.1, 0.15) is 11.5 Å². The Labute approximate surface area is 111 Å². The molecule has 0 fully saturated rings. The number of aryl methyl sites for hydroxylation is 1. The molecule has 98 valence electrons. The Morgan fingerprint density at radius 1 is 1.53 bits per heavy atom. The highest BCUT2D eigenvalue weighted by atomic mass is 16.4. The summed E-state index contributed by atoms with van der Waals surface area (Å²) in [4.78, 5) is 4.45. The van der Waals surface area contributed by atoms with E-state index >= 15 is 0 Å². The maximum Gasteiger partial charge on any atom is 0.223 e. The number of rotatable bonds is 1. The lowest BCUT2D eigenvalue weighted by atomic mass is 9.76. The minimum Gasteiger partial charge on any atom is -0.425 e. The highest BCUT2D eigenvalue weighted by Crippen LogP contribution is 2.44. The summed E-state index contributed by atoms with van der Waals surface area (Å²) in [5, 5.41) is 12.3. The van der Waals surface area contributed by atoms with Crippen LogP contribution in [0.15, 0.2) is 28.0 Å². The summed E-state index contributed by atoms with van der Waals surface area (Å²) in [5.74, 6) is 1.90. The van der Waals surface area contributed by atoms with Gasteiger partial charge >= 0.3 is 0 Å². The van der Waals surface area contributed by atoms with E-state index in [1.165, 1.54) is 0 Å². The van der Waals surface area contributed by atoms with Gasteiger partial charge in [-0.1, -0.05) is 12.2 Å². The second-order valence-corrected chi connectivity index (χ2v) is 5.03. The van der Waals surface area contributed by atoms with Crippen LogP contribution in [0.25, 0.3) is 0 Å². The van der Waals surface area contributed by atoms with Crippen molar-refractivity contribution in [2.24, 2.45) is 11.7 Å². The Hall–Kier alpha value is -2.22. The van der Waals surface area contributed by atoms with Crippen LogP contribution in [0.4, 0.5) is 5.88 Å². The van der Waals surface area contributed by atoms with E-state index < -0.39 is 0 Å². The van der Waals surface area contributed by atoms with E-state index in [0.29, 0.717) is 29.1 Å². The number of hydrogen-bond donors (Lipinski definition) is 2. The first kappa shape index (κ1) is 11.8. The number of fused-ring (bicyclic) bond motifs is 1. The monoisotopic (exact) mass is 256 g/mol. The number of oxazole rings is 1. The third-order valence-electron chi connectivity index (χ3n) is 3.81. The van der Waals surface area contributed by atoms with Crippen molar-refractivity contribution in [3.8, 4) is 6.07 Å². The van der Waals surface area contributed by atoms with Gasteiger partial charge in [-0.05, 0) is 25.2 Å². The zero-order chi connectivity index (χ0) is 13.4. The van der Waals surface area contributed by atoms with Gasteiger partial charge in [-0.2, -0.15) is 5.26 Å². The van der Waals surface area contributed by atoms with Gasteiger partial charge in [0.25, 0.3) is 0 Å². The Bertz CT molecular complexity index is 605. The van der Waals surface area contributed by atoms with Crippen molar-refractivity contribution in [2.45, 2.75) is 32.1 Å². The highest BCUT2D eigenvalue weighted by Gasteiger charge is 2.37. The Morgan fingerprint density at radius 2 is 2.37 bits per heavy atom. The van der Waals surface area contributed by atoms with E-state index in [1.54, 1.807) is 6.92 Å². The molecule has 0 saturated carbocycles. The second kappa shape index (κ2) is 4.47. The number of hydrogen-bond acceptors (Lipinski definition) is 5. The summed E-state index contributed by atoms with van der Waals surface area (Å²) >= 11 is 0. The quantitative estimate of drug-likeness (QED) is 0.754. The van der Waals surface area contributed by atoms with Crippen LogP contribution in [-0.4, -0.2) is 4.98 Å². The van der Waals surface area contributed by atoms with Crippen LogP contribution < -0.4 is 11.1 Å². The largest absolute Gasteiger partial charge is 0.425 e. The van der Waals surface area contributed by atoms with Gasteiger partial charge in [0.2, 0.25) is 5.88 Å². The van der Waals surface area contributed by atoms with Crippen molar-refractivity contribution in [1.82, 2.24) is 4.98 Å². The second-order valence-electron chi connectivity index (χ2n) is 5.03. The molecule has 1 aliphatic heterocycles. The fourth-order valence-corrected chi connectivity index (χ4v) is 2.95. The van der Waals surface area contributed by atoms with Crippen LogP contribution in [0.5, 0.6) is 0 Å². The SMILES string of the molecule is Cc1nc2c(o1)NC(N)=C(C#N)[C@@H]2[C@@H]1CC=CCC1. The number of nitrogens with zero attached hydrogens (tertiary/aromatic N) is 2. The van der Waals surface area contributed by atoms with Crippen LogP contribution in [-0.2, 0) is 0 Å². The fraction of sp³-hybridized carbons (Fsp3) is 0.429. The first-order valence-electron chi connectivity index (χ1n) is 6.49. The molecule has 3 N–H and O–H groups in total. The van der Waals surface area contributed by atoms with Crippen molar-refractivity contribution in [1.29, 1.82) is 5.26 Å². The van der Waals surface area contributed by atoms with Gasteiger partial charge in [0, 0.05) is 12.8 Å². The normalized spacial score (nSPS) is 25.7.